The van der Waals surface area contributed by atoms with Crippen molar-refractivity contribution in [3.8, 4) is 17.2 Å². The number of fused-ring (bicyclic) bond motifs is 1. The van der Waals surface area contributed by atoms with Gasteiger partial charge in [0.2, 0.25) is 0 Å². The number of aromatic nitrogens is 7. The minimum atomic E-state index is -3.15. The Bertz CT molecular complexity index is 1650. The van der Waals surface area contributed by atoms with E-state index in [1.165, 1.54) is 29.2 Å². The minimum absolute atomic E-state index is 0.0529. The molecule has 1 atom stereocenters. The Hall–Kier alpha value is -4.19. The van der Waals surface area contributed by atoms with Crippen molar-refractivity contribution in [2.75, 3.05) is 12.0 Å². The second-order valence-electron chi connectivity index (χ2n) is 9.07. The summed E-state index contributed by atoms with van der Waals surface area (Å²) in [4.78, 5) is 13.2. The summed E-state index contributed by atoms with van der Waals surface area (Å²) in [6.45, 7) is 13.9. The topological polar surface area (TPSA) is 116 Å². The first-order valence-corrected chi connectivity index (χ1v) is 15.1. The smallest absolute Gasteiger partial charge is 0.229 e. The van der Waals surface area contributed by atoms with Crippen molar-refractivity contribution in [3.63, 3.8) is 0 Å². The first-order chi connectivity index (χ1) is 19.6. The highest BCUT2D eigenvalue weighted by Gasteiger charge is 2.26. The van der Waals surface area contributed by atoms with Gasteiger partial charge in [-0.2, -0.15) is 4.68 Å². The molecule has 0 aliphatic heterocycles. The molecule has 3 heterocycles. The highest BCUT2D eigenvalue weighted by atomic mass is 32.2. The highest BCUT2D eigenvalue weighted by molar-refractivity contribution is 7.90. The van der Waals surface area contributed by atoms with Crippen molar-refractivity contribution in [1.29, 1.82) is 0 Å². The number of hydrogen-bond acceptors (Lipinski definition) is 8. The molecule has 1 aliphatic carbocycles. The fraction of sp³-hybridized carbons (Fsp3) is 0.310. The minimum Gasteiger partial charge on any atom is -0.229 e. The van der Waals surface area contributed by atoms with Crippen LogP contribution in [0.2, 0.25) is 0 Å². The van der Waals surface area contributed by atoms with Crippen LogP contribution in [-0.4, -0.2) is 55.4 Å². The van der Waals surface area contributed by atoms with Gasteiger partial charge in [0.05, 0.1) is 28.4 Å². The van der Waals surface area contributed by atoms with Crippen LogP contribution in [0.1, 0.15) is 61.4 Å². The molecule has 0 N–H and O–H groups in total. The van der Waals surface area contributed by atoms with Crippen molar-refractivity contribution >= 4 is 15.4 Å². The maximum Gasteiger partial charge on any atom is 0.252 e. The van der Waals surface area contributed by atoms with Crippen LogP contribution in [0.5, 0.6) is 0 Å². The molecule has 0 unspecified atom stereocenters. The number of halogens is 2. The molecular formula is C29H33F2N7O2S. The van der Waals surface area contributed by atoms with Crippen LogP contribution in [0.3, 0.4) is 0 Å². The van der Waals surface area contributed by atoms with E-state index in [0.717, 1.165) is 23.0 Å². The number of sulfone groups is 1. The van der Waals surface area contributed by atoms with E-state index < -0.39 is 21.5 Å². The van der Waals surface area contributed by atoms with Crippen LogP contribution in [0, 0.1) is 18.6 Å². The molecule has 5 rings (SSSR count). The zero-order valence-corrected chi connectivity index (χ0v) is 24.6. The fourth-order valence-corrected chi connectivity index (χ4v) is 4.74. The van der Waals surface area contributed by atoms with Gasteiger partial charge in [-0.3, -0.25) is 0 Å². The van der Waals surface area contributed by atoms with Crippen LogP contribution in [0.15, 0.2) is 56.0 Å². The molecular weight excluding hydrogens is 548 g/mol. The second kappa shape index (κ2) is 13.4. The standard InChI is InChI=1S/C25H23F2N7O2S.C2H6.C2H4/c1-14-7-8-16(24-17(14)11-20(31-32-24)22-18(26)5-4-6-19(22)27)23-15(2)12-28-25(30-23)34-13-29-21(33-34)9-10-37(3,35)36;2*1-2/h4-6,8,11-14H,7,9-10H2,1-3H3;1-2H3;1-2H2/t14-;;/m0../s1. The van der Waals surface area contributed by atoms with Crippen LogP contribution in [0.25, 0.3) is 22.8 Å². The molecule has 0 spiro atoms. The molecule has 216 valence electrons. The van der Waals surface area contributed by atoms with Gasteiger partial charge >= 0.3 is 0 Å². The first-order valence-electron chi connectivity index (χ1n) is 13.1. The van der Waals surface area contributed by atoms with E-state index in [4.69, 9.17) is 4.98 Å². The Morgan fingerprint density at radius 2 is 1.76 bits per heavy atom. The van der Waals surface area contributed by atoms with Crippen LogP contribution < -0.4 is 0 Å². The zero-order valence-electron chi connectivity index (χ0n) is 23.8. The fourth-order valence-electron chi connectivity index (χ4n) is 4.18. The van der Waals surface area contributed by atoms with E-state index in [1.54, 1.807) is 12.3 Å². The van der Waals surface area contributed by atoms with Crippen molar-refractivity contribution in [1.82, 2.24) is 34.9 Å². The normalized spacial score (nSPS) is 14.1. The van der Waals surface area contributed by atoms with E-state index in [2.05, 4.69) is 38.4 Å². The summed E-state index contributed by atoms with van der Waals surface area (Å²) in [5.74, 6) is -0.779. The lowest BCUT2D eigenvalue weighted by Gasteiger charge is -2.23. The van der Waals surface area contributed by atoms with Gasteiger partial charge in [0.1, 0.15) is 27.8 Å². The lowest BCUT2D eigenvalue weighted by molar-refractivity contribution is 0.587. The second-order valence-corrected chi connectivity index (χ2v) is 11.3. The lowest BCUT2D eigenvalue weighted by Crippen LogP contribution is -2.13. The third-order valence-electron chi connectivity index (χ3n) is 6.16. The Morgan fingerprint density at radius 3 is 2.41 bits per heavy atom. The number of nitrogens with zero attached hydrogens (tertiary/aromatic N) is 7. The molecule has 41 heavy (non-hydrogen) atoms. The van der Waals surface area contributed by atoms with E-state index in [0.29, 0.717) is 23.6 Å². The Labute approximate surface area is 239 Å². The largest absolute Gasteiger partial charge is 0.252 e. The first kappa shape index (κ1) is 31.3. The summed E-state index contributed by atoms with van der Waals surface area (Å²) >= 11 is 0. The maximum atomic E-state index is 14.4. The predicted octanol–water partition coefficient (Wildman–Crippen LogP) is 5.46. The van der Waals surface area contributed by atoms with Crippen molar-refractivity contribution < 1.29 is 17.2 Å². The van der Waals surface area contributed by atoms with E-state index in [-0.39, 0.29) is 35.3 Å². The maximum absolute atomic E-state index is 14.4. The number of aryl methyl sites for hydroxylation is 2. The number of benzene rings is 1. The van der Waals surface area contributed by atoms with Crippen LogP contribution >= 0.6 is 0 Å². The predicted molar refractivity (Wildman–Crippen MR) is 155 cm³/mol. The van der Waals surface area contributed by atoms with E-state index in [1.807, 2.05) is 33.8 Å². The van der Waals surface area contributed by atoms with Gasteiger partial charge in [-0.25, -0.2) is 32.2 Å². The van der Waals surface area contributed by atoms with Gasteiger partial charge in [0.25, 0.3) is 5.95 Å². The molecule has 0 bridgehead atoms. The number of allylic oxidation sites excluding steroid dienone is 1. The zero-order chi connectivity index (χ0) is 30.3. The Kier molecular flexibility index (Phi) is 10.3. The molecule has 1 aromatic carbocycles. The number of hydrogen-bond donors (Lipinski definition) is 0. The summed E-state index contributed by atoms with van der Waals surface area (Å²) < 4.78 is 53.1. The lowest BCUT2D eigenvalue weighted by atomic mass is 9.85. The van der Waals surface area contributed by atoms with Gasteiger partial charge in [-0.05, 0) is 48.6 Å². The van der Waals surface area contributed by atoms with Crippen molar-refractivity contribution in [2.24, 2.45) is 0 Å². The molecule has 3 aromatic heterocycles. The highest BCUT2D eigenvalue weighted by Crippen LogP contribution is 2.38. The third-order valence-corrected chi connectivity index (χ3v) is 7.10. The summed E-state index contributed by atoms with van der Waals surface area (Å²) in [6.07, 6.45) is 7.13. The Morgan fingerprint density at radius 1 is 1.07 bits per heavy atom. The summed E-state index contributed by atoms with van der Waals surface area (Å²) in [6, 6.07) is 5.38. The molecule has 0 amide bonds. The molecule has 0 fully saturated rings. The van der Waals surface area contributed by atoms with Gasteiger partial charge in [-0.15, -0.1) is 28.5 Å². The van der Waals surface area contributed by atoms with Crippen LogP contribution in [-0.2, 0) is 16.3 Å². The molecule has 9 nitrogen and oxygen atoms in total. The monoisotopic (exact) mass is 581 g/mol. The molecule has 4 aromatic rings. The van der Waals surface area contributed by atoms with Gasteiger partial charge in [-0.1, -0.05) is 32.9 Å². The van der Waals surface area contributed by atoms with Gasteiger partial charge in [0.15, 0.2) is 5.82 Å². The van der Waals surface area contributed by atoms with Gasteiger partial charge < -0.3 is 0 Å². The summed E-state index contributed by atoms with van der Waals surface area (Å²) in [5.41, 5.74) is 3.46. The van der Waals surface area contributed by atoms with Crippen molar-refractivity contribution in [2.45, 2.75) is 46.5 Å². The summed E-state index contributed by atoms with van der Waals surface area (Å²) in [7, 11) is -3.15. The SMILES string of the molecule is C=C.CC.Cc1cnc(-n2cnc(CCS(C)(=O)=O)n2)nc1C1=CC[C@H](C)c2cc(-c3c(F)cccc3F)nnc21. The average molecular weight is 582 g/mol. The van der Waals surface area contributed by atoms with Crippen molar-refractivity contribution in [3.05, 3.63) is 96.0 Å². The van der Waals surface area contributed by atoms with Crippen LogP contribution in [0.4, 0.5) is 8.78 Å². The molecule has 12 heteroatoms. The van der Waals surface area contributed by atoms with Gasteiger partial charge in [0, 0.05) is 24.4 Å². The van der Waals surface area contributed by atoms with E-state index >= 15 is 0 Å². The Balaban J connectivity index is 0.00000111. The number of rotatable bonds is 6. The third kappa shape index (κ3) is 7.12. The molecule has 0 saturated carbocycles. The molecule has 1 aliphatic rings. The molecule has 0 saturated heterocycles. The average Bonchev–Trinajstić information content (AvgIpc) is 3.44. The molecule has 0 radical (unpaired) electrons. The van der Waals surface area contributed by atoms with E-state index in [9.17, 15) is 17.2 Å². The summed E-state index contributed by atoms with van der Waals surface area (Å²) in [5, 5.41) is 12.8. The quantitative estimate of drug-likeness (QED) is 0.276.